The lowest BCUT2D eigenvalue weighted by atomic mass is 10.1. The second kappa shape index (κ2) is 7.92. The van der Waals surface area contributed by atoms with E-state index < -0.39 is 5.97 Å². The van der Waals surface area contributed by atoms with E-state index in [-0.39, 0.29) is 31.6 Å². The summed E-state index contributed by atoms with van der Waals surface area (Å²) in [4.78, 5) is 37.5. The van der Waals surface area contributed by atoms with Crippen molar-refractivity contribution in [2.45, 2.75) is 13.8 Å². The molecular weight excluding hydrogens is 414 g/mol. The molecule has 2 aromatic rings. The third-order valence-electron chi connectivity index (χ3n) is 4.22. The highest BCUT2D eigenvalue weighted by Crippen LogP contribution is 2.27. The summed E-state index contributed by atoms with van der Waals surface area (Å²) in [7, 11) is 0. The fourth-order valence-electron chi connectivity index (χ4n) is 2.99. The van der Waals surface area contributed by atoms with Crippen molar-refractivity contribution in [2.75, 3.05) is 19.8 Å². The number of nitrogens with zero attached hydrogens (tertiary/aromatic N) is 1. The number of carbonyl (C=O) groups is 3. The molecule has 0 saturated carbocycles. The summed E-state index contributed by atoms with van der Waals surface area (Å²) in [6, 6.07) is 10.4. The number of amides is 2. The maximum Gasteiger partial charge on any atom is 0.344 e. The highest BCUT2D eigenvalue weighted by Gasteiger charge is 2.34. The van der Waals surface area contributed by atoms with Crippen LogP contribution in [0.4, 0.5) is 0 Å². The first-order valence-electron chi connectivity index (χ1n) is 8.39. The molecule has 1 aliphatic heterocycles. The molecule has 0 radical (unpaired) electrons. The molecule has 7 heteroatoms. The van der Waals surface area contributed by atoms with E-state index in [2.05, 4.69) is 15.9 Å². The van der Waals surface area contributed by atoms with Gasteiger partial charge in [-0.25, -0.2) is 4.79 Å². The van der Waals surface area contributed by atoms with Gasteiger partial charge in [-0.15, -0.1) is 0 Å². The number of aryl methyl sites for hydroxylation is 2. The molecule has 6 nitrogen and oxygen atoms in total. The number of rotatable bonds is 6. The van der Waals surface area contributed by atoms with Gasteiger partial charge in [0.1, 0.15) is 12.4 Å². The van der Waals surface area contributed by atoms with Gasteiger partial charge in [0.25, 0.3) is 11.8 Å². The Balaban J connectivity index is 1.50. The largest absolute Gasteiger partial charge is 0.481 e. The van der Waals surface area contributed by atoms with E-state index in [1.165, 1.54) is 0 Å². The average Bonchev–Trinajstić information content (AvgIpc) is 2.86. The zero-order chi connectivity index (χ0) is 19.6. The number of hydrogen-bond acceptors (Lipinski definition) is 5. The van der Waals surface area contributed by atoms with Crippen LogP contribution in [0.2, 0.25) is 0 Å². The Morgan fingerprint density at radius 1 is 1.04 bits per heavy atom. The van der Waals surface area contributed by atoms with Gasteiger partial charge in [-0.1, -0.05) is 28.1 Å². The molecule has 0 fully saturated rings. The second-order valence-electron chi connectivity index (χ2n) is 6.19. The van der Waals surface area contributed by atoms with Crippen LogP contribution in [-0.4, -0.2) is 42.4 Å². The molecule has 0 N–H and O–H groups in total. The molecule has 0 aromatic heterocycles. The number of carbonyl (C=O) groups excluding carboxylic acids is 3. The lowest BCUT2D eigenvalue weighted by Crippen LogP contribution is -2.34. The minimum absolute atomic E-state index is 0.00836. The van der Waals surface area contributed by atoms with Gasteiger partial charge in [0.2, 0.25) is 0 Å². The monoisotopic (exact) mass is 431 g/mol. The van der Waals surface area contributed by atoms with Crippen LogP contribution in [0.3, 0.4) is 0 Å². The predicted molar refractivity (Wildman–Crippen MR) is 102 cm³/mol. The lowest BCUT2D eigenvalue weighted by Gasteiger charge is -2.15. The topological polar surface area (TPSA) is 72.9 Å². The summed E-state index contributed by atoms with van der Waals surface area (Å²) in [6.07, 6.45) is 0. The van der Waals surface area contributed by atoms with Crippen LogP contribution < -0.4 is 4.74 Å². The molecule has 1 aliphatic rings. The third kappa shape index (κ3) is 4.03. The van der Waals surface area contributed by atoms with Crippen LogP contribution in [0.5, 0.6) is 5.75 Å². The van der Waals surface area contributed by atoms with Gasteiger partial charge in [0.15, 0.2) is 6.61 Å². The summed E-state index contributed by atoms with van der Waals surface area (Å²) < 4.78 is 11.6. The molecule has 0 unspecified atom stereocenters. The number of imide groups is 1. The van der Waals surface area contributed by atoms with Crippen molar-refractivity contribution in [1.29, 1.82) is 0 Å². The average molecular weight is 432 g/mol. The molecule has 0 spiro atoms. The Morgan fingerprint density at radius 3 is 2.15 bits per heavy atom. The molecule has 0 aliphatic carbocycles. The molecule has 2 amide bonds. The Kier molecular flexibility index (Phi) is 5.60. The summed E-state index contributed by atoms with van der Waals surface area (Å²) in [5, 5.41) is 0. The van der Waals surface area contributed by atoms with E-state index in [4.69, 9.17) is 9.47 Å². The Hall–Kier alpha value is -2.67. The van der Waals surface area contributed by atoms with E-state index in [1.54, 1.807) is 24.3 Å². The normalized spacial score (nSPS) is 12.9. The van der Waals surface area contributed by atoms with Crippen LogP contribution >= 0.6 is 15.9 Å². The molecular formula is C20H18BrNO5. The van der Waals surface area contributed by atoms with Crippen molar-refractivity contribution in [3.63, 3.8) is 0 Å². The number of hydrogen-bond donors (Lipinski definition) is 0. The SMILES string of the molecule is Cc1cc(Br)cc(C)c1OCC(=O)OCCN1C(=O)c2ccccc2C1=O. The minimum Gasteiger partial charge on any atom is -0.481 e. The van der Waals surface area contributed by atoms with Crippen molar-refractivity contribution >= 4 is 33.7 Å². The fraction of sp³-hybridized carbons (Fsp3) is 0.250. The van der Waals surface area contributed by atoms with Crippen LogP contribution in [-0.2, 0) is 9.53 Å². The van der Waals surface area contributed by atoms with E-state index in [0.717, 1.165) is 20.5 Å². The van der Waals surface area contributed by atoms with Gasteiger partial charge in [-0.05, 0) is 49.2 Å². The Labute approximate surface area is 165 Å². The molecule has 0 atom stereocenters. The van der Waals surface area contributed by atoms with Crippen molar-refractivity contribution in [1.82, 2.24) is 4.90 Å². The van der Waals surface area contributed by atoms with Gasteiger partial charge < -0.3 is 9.47 Å². The Bertz CT molecular complexity index is 866. The van der Waals surface area contributed by atoms with Gasteiger partial charge in [0, 0.05) is 4.47 Å². The van der Waals surface area contributed by atoms with Crippen molar-refractivity contribution in [3.05, 3.63) is 63.1 Å². The van der Waals surface area contributed by atoms with E-state index in [9.17, 15) is 14.4 Å². The zero-order valence-corrected chi connectivity index (χ0v) is 16.5. The highest BCUT2D eigenvalue weighted by molar-refractivity contribution is 9.10. The van der Waals surface area contributed by atoms with Crippen LogP contribution in [0.1, 0.15) is 31.8 Å². The number of halogens is 1. The third-order valence-corrected chi connectivity index (χ3v) is 4.67. The first-order valence-corrected chi connectivity index (χ1v) is 9.18. The van der Waals surface area contributed by atoms with Gasteiger partial charge in [-0.2, -0.15) is 0 Å². The standard InChI is InChI=1S/C20H18BrNO5/c1-12-9-14(21)10-13(2)18(12)27-11-17(23)26-8-7-22-19(24)15-5-3-4-6-16(15)20(22)25/h3-6,9-10H,7-8,11H2,1-2H3. The quantitative estimate of drug-likeness (QED) is 0.518. The van der Waals surface area contributed by atoms with E-state index >= 15 is 0 Å². The maximum absolute atomic E-state index is 12.2. The summed E-state index contributed by atoms with van der Waals surface area (Å²) >= 11 is 3.41. The number of benzene rings is 2. The molecule has 3 rings (SSSR count). The van der Waals surface area contributed by atoms with Crippen molar-refractivity contribution in [2.24, 2.45) is 0 Å². The van der Waals surface area contributed by atoms with Crippen molar-refractivity contribution < 1.29 is 23.9 Å². The molecule has 140 valence electrons. The maximum atomic E-state index is 12.2. The molecule has 27 heavy (non-hydrogen) atoms. The minimum atomic E-state index is -0.562. The lowest BCUT2D eigenvalue weighted by molar-refractivity contribution is -0.146. The van der Waals surface area contributed by atoms with Crippen molar-refractivity contribution in [3.8, 4) is 5.75 Å². The Morgan fingerprint density at radius 2 is 1.59 bits per heavy atom. The van der Waals surface area contributed by atoms with Crippen LogP contribution in [0, 0.1) is 13.8 Å². The van der Waals surface area contributed by atoms with Gasteiger partial charge >= 0.3 is 5.97 Å². The first-order chi connectivity index (χ1) is 12.9. The van der Waals surface area contributed by atoms with Gasteiger partial charge in [0.05, 0.1) is 17.7 Å². The zero-order valence-electron chi connectivity index (χ0n) is 15.0. The van der Waals surface area contributed by atoms with E-state index in [1.807, 2.05) is 26.0 Å². The summed E-state index contributed by atoms with van der Waals surface area (Å²) in [5.74, 6) is -0.670. The molecule has 2 aromatic carbocycles. The van der Waals surface area contributed by atoms with Gasteiger partial charge in [-0.3, -0.25) is 14.5 Å². The number of esters is 1. The van der Waals surface area contributed by atoms with E-state index in [0.29, 0.717) is 16.9 Å². The molecule has 0 saturated heterocycles. The smallest absolute Gasteiger partial charge is 0.344 e. The predicted octanol–water partition coefficient (Wildman–Crippen LogP) is 3.28. The first kappa shape index (κ1) is 19.1. The van der Waals surface area contributed by atoms with Crippen LogP contribution in [0.15, 0.2) is 40.9 Å². The summed E-state index contributed by atoms with van der Waals surface area (Å²) in [6.45, 7) is 3.47. The highest BCUT2D eigenvalue weighted by atomic mass is 79.9. The number of ether oxygens (including phenoxy) is 2. The van der Waals surface area contributed by atoms with Crippen LogP contribution in [0.25, 0.3) is 0 Å². The second-order valence-corrected chi connectivity index (χ2v) is 7.10. The fourth-order valence-corrected chi connectivity index (χ4v) is 3.68. The molecule has 1 heterocycles. The summed E-state index contributed by atoms with van der Waals surface area (Å²) in [5.41, 5.74) is 2.55. The number of fused-ring (bicyclic) bond motifs is 1. The molecule has 0 bridgehead atoms.